The van der Waals surface area contributed by atoms with Crippen molar-refractivity contribution in [1.29, 1.82) is 0 Å². The molecular formula is C13H20N2O3. The molecule has 2 fully saturated rings. The molecule has 100 valence electrons. The van der Waals surface area contributed by atoms with E-state index in [9.17, 15) is 5.11 Å². The van der Waals surface area contributed by atoms with E-state index in [0.717, 1.165) is 63.3 Å². The fourth-order valence-electron chi connectivity index (χ4n) is 2.85. The molecule has 5 heteroatoms. The van der Waals surface area contributed by atoms with Crippen molar-refractivity contribution >= 4 is 0 Å². The first-order chi connectivity index (χ1) is 8.81. The van der Waals surface area contributed by atoms with Gasteiger partial charge in [-0.15, -0.1) is 0 Å². The fourth-order valence-corrected chi connectivity index (χ4v) is 2.85. The smallest absolute Gasteiger partial charge is 0.229 e. The Kier molecular flexibility index (Phi) is 3.61. The van der Waals surface area contributed by atoms with Crippen LogP contribution in [0.2, 0.25) is 0 Å². The van der Waals surface area contributed by atoms with Crippen LogP contribution in [0, 0.1) is 0 Å². The van der Waals surface area contributed by atoms with Gasteiger partial charge in [-0.25, -0.2) is 0 Å². The Morgan fingerprint density at radius 3 is 2.72 bits per heavy atom. The van der Waals surface area contributed by atoms with Gasteiger partial charge in [-0.3, -0.25) is 0 Å². The van der Waals surface area contributed by atoms with E-state index in [4.69, 9.17) is 9.26 Å². The predicted molar refractivity (Wildman–Crippen MR) is 64.2 cm³/mol. The maximum Gasteiger partial charge on any atom is 0.229 e. The molecule has 0 spiro atoms. The second kappa shape index (κ2) is 5.36. The van der Waals surface area contributed by atoms with Crippen LogP contribution in [-0.2, 0) is 11.2 Å². The summed E-state index contributed by atoms with van der Waals surface area (Å²) in [7, 11) is 0. The second-order valence-electron chi connectivity index (χ2n) is 5.39. The van der Waals surface area contributed by atoms with E-state index in [1.54, 1.807) is 0 Å². The van der Waals surface area contributed by atoms with Crippen LogP contribution < -0.4 is 0 Å². The molecular weight excluding hydrogens is 232 g/mol. The summed E-state index contributed by atoms with van der Waals surface area (Å²) in [6.07, 6.45) is 6.70. The monoisotopic (exact) mass is 252 g/mol. The summed E-state index contributed by atoms with van der Waals surface area (Å²) in [6, 6.07) is 0. The first-order valence-electron chi connectivity index (χ1n) is 6.93. The topological polar surface area (TPSA) is 68.4 Å². The van der Waals surface area contributed by atoms with Crippen molar-refractivity contribution < 1.29 is 14.4 Å². The molecule has 18 heavy (non-hydrogen) atoms. The third-order valence-electron chi connectivity index (χ3n) is 3.96. The number of nitrogens with zero attached hydrogens (tertiary/aromatic N) is 2. The summed E-state index contributed by atoms with van der Waals surface area (Å²) in [5, 5.41) is 13.5. The summed E-state index contributed by atoms with van der Waals surface area (Å²) in [5.41, 5.74) is 0. The molecule has 1 unspecified atom stereocenters. The van der Waals surface area contributed by atoms with Crippen molar-refractivity contribution in [1.82, 2.24) is 10.1 Å². The predicted octanol–water partition coefficient (Wildman–Crippen LogP) is 1.81. The van der Waals surface area contributed by atoms with Crippen molar-refractivity contribution in [3.8, 4) is 0 Å². The zero-order valence-electron chi connectivity index (χ0n) is 10.5. The van der Waals surface area contributed by atoms with Gasteiger partial charge in [-0.1, -0.05) is 5.16 Å². The average molecular weight is 252 g/mol. The second-order valence-corrected chi connectivity index (χ2v) is 5.39. The van der Waals surface area contributed by atoms with E-state index >= 15 is 0 Å². The molecule has 1 aromatic rings. The molecule has 2 heterocycles. The van der Waals surface area contributed by atoms with Gasteiger partial charge in [0.25, 0.3) is 0 Å². The lowest BCUT2D eigenvalue weighted by atomic mass is 9.87. The fraction of sp³-hybridized carbons (Fsp3) is 0.846. The van der Waals surface area contributed by atoms with Crippen molar-refractivity contribution in [2.75, 3.05) is 6.61 Å². The molecule has 1 N–H and O–H groups in total. The Morgan fingerprint density at radius 2 is 2.00 bits per heavy atom. The van der Waals surface area contributed by atoms with Gasteiger partial charge < -0.3 is 14.4 Å². The van der Waals surface area contributed by atoms with E-state index in [1.807, 2.05) is 0 Å². The number of ether oxygens (including phenoxy) is 1. The Morgan fingerprint density at radius 1 is 1.17 bits per heavy atom. The van der Waals surface area contributed by atoms with E-state index in [1.165, 1.54) is 0 Å². The molecule has 5 nitrogen and oxygen atoms in total. The van der Waals surface area contributed by atoms with E-state index < -0.39 is 0 Å². The molecule has 1 aliphatic carbocycles. The number of aliphatic hydroxyl groups is 1. The number of rotatable bonds is 3. The van der Waals surface area contributed by atoms with Gasteiger partial charge in [0.1, 0.15) is 0 Å². The molecule has 1 atom stereocenters. The number of hydrogen-bond donors (Lipinski definition) is 1. The van der Waals surface area contributed by atoms with E-state index in [-0.39, 0.29) is 12.2 Å². The minimum absolute atomic E-state index is 0.143. The number of aromatic nitrogens is 2. The summed E-state index contributed by atoms with van der Waals surface area (Å²) >= 11 is 0. The summed E-state index contributed by atoms with van der Waals surface area (Å²) in [6.45, 7) is 0.857. The lowest BCUT2D eigenvalue weighted by Gasteiger charge is -2.22. The number of aliphatic hydroxyl groups excluding tert-OH is 1. The summed E-state index contributed by atoms with van der Waals surface area (Å²) < 4.78 is 10.9. The van der Waals surface area contributed by atoms with Gasteiger partial charge in [0, 0.05) is 18.9 Å². The molecule has 0 bridgehead atoms. The minimum Gasteiger partial charge on any atom is -0.393 e. The Labute approximate surface area is 107 Å². The largest absolute Gasteiger partial charge is 0.393 e. The lowest BCUT2D eigenvalue weighted by Crippen LogP contribution is -2.17. The minimum atomic E-state index is -0.143. The van der Waals surface area contributed by atoms with Crippen LogP contribution in [0.5, 0.6) is 0 Å². The zero-order valence-corrected chi connectivity index (χ0v) is 10.5. The summed E-state index contributed by atoms with van der Waals surface area (Å²) in [5.74, 6) is 1.84. The van der Waals surface area contributed by atoms with Gasteiger partial charge in [-0.2, -0.15) is 4.98 Å². The molecule has 0 amide bonds. The average Bonchev–Trinajstić information content (AvgIpc) is 3.02. The van der Waals surface area contributed by atoms with Crippen molar-refractivity contribution in [3.63, 3.8) is 0 Å². The van der Waals surface area contributed by atoms with Crippen molar-refractivity contribution in [3.05, 3.63) is 11.7 Å². The molecule has 1 saturated carbocycles. The van der Waals surface area contributed by atoms with Crippen LogP contribution >= 0.6 is 0 Å². The zero-order chi connectivity index (χ0) is 12.4. The third-order valence-corrected chi connectivity index (χ3v) is 3.96. The Bertz CT molecular complexity index is 379. The first-order valence-corrected chi connectivity index (χ1v) is 6.93. The van der Waals surface area contributed by atoms with Crippen LogP contribution in [0.3, 0.4) is 0 Å². The van der Waals surface area contributed by atoms with Gasteiger partial charge >= 0.3 is 0 Å². The highest BCUT2D eigenvalue weighted by atomic mass is 16.5. The molecule has 0 aromatic carbocycles. The maximum atomic E-state index is 9.49. The lowest BCUT2D eigenvalue weighted by molar-refractivity contribution is 0.109. The third kappa shape index (κ3) is 2.72. The van der Waals surface area contributed by atoms with E-state index in [0.29, 0.717) is 5.92 Å². The normalized spacial score (nSPS) is 32.8. The van der Waals surface area contributed by atoms with Crippen molar-refractivity contribution in [2.45, 2.75) is 63.1 Å². The van der Waals surface area contributed by atoms with Crippen LogP contribution in [0.1, 0.15) is 56.2 Å². The number of hydrogen-bond acceptors (Lipinski definition) is 5. The molecule has 0 radical (unpaired) electrons. The maximum absolute atomic E-state index is 9.49. The van der Waals surface area contributed by atoms with Crippen molar-refractivity contribution in [2.24, 2.45) is 0 Å². The quantitative estimate of drug-likeness (QED) is 0.888. The SMILES string of the molecule is OC1CCC(c2nc(CC3CCCO3)no2)CC1. The highest BCUT2D eigenvalue weighted by Gasteiger charge is 2.26. The Balaban J connectivity index is 1.58. The highest BCUT2D eigenvalue weighted by molar-refractivity contribution is 4.97. The van der Waals surface area contributed by atoms with E-state index in [2.05, 4.69) is 10.1 Å². The molecule has 3 rings (SSSR count). The van der Waals surface area contributed by atoms with Crippen LogP contribution in [0.15, 0.2) is 4.52 Å². The standard InChI is InChI=1S/C13H20N2O3/c16-10-5-3-9(4-6-10)13-14-12(15-18-13)8-11-2-1-7-17-11/h9-11,16H,1-8H2. The van der Waals surface area contributed by atoms with Gasteiger partial charge in [0.05, 0.1) is 12.2 Å². The first kappa shape index (κ1) is 12.1. The van der Waals surface area contributed by atoms with Gasteiger partial charge in [0.15, 0.2) is 5.82 Å². The molecule has 1 saturated heterocycles. The van der Waals surface area contributed by atoms with Gasteiger partial charge in [-0.05, 0) is 38.5 Å². The van der Waals surface area contributed by atoms with Gasteiger partial charge in [0.2, 0.25) is 5.89 Å². The van der Waals surface area contributed by atoms with Crippen LogP contribution in [0.4, 0.5) is 0 Å². The van der Waals surface area contributed by atoms with Crippen LogP contribution in [-0.4, -0.2) is 34.1 Å². The van der Waals surface area contributed by atoms with Crippen LogP contribution in [0.25, 0.3) is 0 Å². The Hall–Kier alpha value is -0.940. The summed E-state index contributed by atoms with van der Waals surface area (Å²) in [4.78, 5) is 4.48. The molecule has 1 aromatic heterocycles. The molecule has 2 aliphatic rings. The highest BCUT2D eigenvalue weighted by Crippen LogP contribution is 2.32. The molecule has 1 aliphatic heterocycles.